The first-order valence-corrected chi connectivity index (χ1v) is 11.4. The molecule has 0 amide bonds. The quantitative estimate of drug-likeness (QED) is 0.520. The molecule has 1 heterocycles. The molecule has 5 rings (SSSR count). The predicted octanol–water partition coefficient (Wildman–Crippen LogP) is 4.62. The molecule has 5 nitrogen and oxygen atoms in total. The minimum Gasteiger partial charge on any atom is -0.370 e. The van der Waals surface area contributed by atoms with Crippen molar-refractivity contribution in [3.05, 3.63) is 108 Å². The highest BCUT2D eigenvalue weighted by Crippen LogP contribution is 2.57. The summed E-state index contributed by atoms with van der Waals surface area (Å²) in [4.78, 5) is 0. The van der Waals surface area contributed by atoms with Crippen LogP contribution in [0.15, 0.2) is 91.0 Å². The first-order valence-electron chi connectivity index (χ1n) is 11.4. The minimum atomic E-state index is -1.12. The first-order chi connectivity index (χ1) is 16.1. The molecule has 1 saturated carbocycles. The molecule has 0 bridgehead atoms. The Balaban J connectivity index is 1.33. The van der Waals surface area contributed by atoms with Crippen LogP contribution in [0, 0.1) is 0 Å². The maximum absolute atomic E-state index is 11.0. The molecule has 1 saturated heterocycles. The number of benzene rings is 3. The molecule has 2 fully saturated rings. The van der Waals surface area contributed by atoms with Crippen LogP contribution in [0.25, 0.3) is 0 Å². The molecular weight excluding hydrogens is 416 g/mol. The topological polar surface area (TPSA) is 57.2 Å². The van der Waals surface area contributed by atoms with Gasteiger partial charge in [0.05, 0.1) is 25.9 Å². The first kappa shape index (κ1) is 22.3. The standard InChI is InChI=1S/C28H30O5/c1-27(32-20-23-15-9-4-10-16-23)25(31-19-22-13-7-3-8-14-22)28(33-26(27)29)17-24(28)30-18-21-11-5-2-6-12-21/h2-16,24-26,29H,17-20H2,1H3/t24-,25+,26?,27-,28?/m1/s1. The van der Waals surface area contributed by atoms with E-state index >= 15 is 0 Å². The van der Waals surface area contributed by atoms with Crippen molar-refractivity contribution < 1.29 is 24.1 Å². The lowest BCUT2D eigenvalue weighted by atomic mass is 9.95. The van der Waals surface area contributed by atoms with Crippen molar-refractivity contribution in [2.45, 2.75) is 62.9 Å². The number of rotatable bonds is 9. The third-order valence-corrected chi connectivity index (χ3v) is 6.62. The number of ether oxygens (including phenoxy) is 4. The zero-order chi connectivity index (χ0) is 22.7. The van der Waals surface area contributed by atoms with E-state index in [1.165, 1.54) is 0 Å². The van der Waals surface area contributed by atoms with Crippen LogP contribution in [-0.4, -0.2) is 34.8 Å². The average Bonchev–Trinajstić information content (AvgIpc) is 3.50. The summed E-state index contributed by atoms with van der Waals surface area (Å²) in [7, 11) is 0. The van der Waals surface area contributed by atoms with E-state index in [9.17, 15) is 5.11 Å². The molecule has 1 aliphatic heterocycles. The molecule has 172 valence electrons. The lowest BCUT2D eigenvalue weighted by molar-refractivity contribution is -0.204. The second kappa shape index (κ2) is 9.37. The van der Waals surface area contributed by atoms with Crippen molar-refractivity contribution in [1.29, 1.82) is 0 Å². The highest BCUT2D eigenvalue weighted by Gasteiger charge is 2.75. The Kier molecular flexibility index (Phi) is 6.32. The fourth-order valence-electron chi connectivity index (χ4n) is 4.62. The Morgan fingerprint density at radius 3 is 1.79 bits per heavy atom. The van der Waals surface area contributed by atoms with Crippen molar-refractivity contribution >= 4 is 0 Å². The van der Waals surface area contributed by atoms with E-state index in [1.54, 1.807) is 0 Å². The van der Waals surface area contributed by atoms with E-state index in [0.29, 0.717) is 26.2 Å². The fraction of sp³-hybridized carbons (Fsp3) is 0.357. The second-order valence-electron chi connectivity index (χ2n) is 9.05. The predicted molar refractivity (Wildman–Crippen MR) is 124 cm³/mol. The van der Waals surface area contributed by atoms with E-state index < -0.39 is 23.6 Å². The van der Waals surface area contributed by atoms with Gasteiger partial charge < -0.3 is 24.1 Å². The van der Waals surface area contributed by atoms with Crippen LogP contribution in [0.5, 0.6) is 0 Å². The van der Waals surface area contributed by atoms with E-state index in [4.69, 9.17) is 18.9 Å². The molecule has 5 heteroatoms. The highest BCUT2D eigenvalue weighted by atomic mass is 16.7. The van der Waals surface area contributed by atoms with Crippen LogP contribution >= 0.6 is 0 Å². The lowest BCUT2D eigenvalue weighted by Crippen LogP contribution is -2.50. The molecule has 2 aliphatic rings. The number of aliphatic hydroxyl groups is 1. The molecule has 0 radical (unpaired) electrons. The molecule has 1 N–H and O–H groups in total. The van der Waals surface area contributed by atoms with Crippen LogP contribution in [-0.2, 0) is 38.8 Å². The summed E-state index contributed by atoms with van der Waals surface area (Å²) >= 11 is 0. The number of hydrogen-bond acceptors (Lipinski definition) is 5. The Morgan fingerprint density at radius 2 is 1.24 bits per heavy atom. The summed E-state index contributed by atoms with van der Waals surface area (Å²) in [5.74, 6) is 0. The Hall–Kier alpha value is -2.54. The monoisotopic (exact) mass is 446 g/mol. The van der Waals surface area contributed by atoms with Gasteiger partial charge in [0.25, 0.3) is 0 Å². The van der Waals surface area contributed by atoms with E-state index in [1.807, 2.05) is 97.9 Å². The fourth-order valence-corrected chi connectivity index (χ4v) is 4.62. The van der Waals surface area contributed by atoms with Crippen molar-refractivity contribution in [3.8, 4) is 0 Å². The third-order valence-electron chi connectivity index (χ3n) is 6.62. The van der Waals surface area contributed by atoms with Crippen LogP contribution in [0.1, 0.15) is 30.0 Å². The van der Waals surface area contributed by atoms with Gasteiger partial charge in [0, 0.05) is 6.42 Å². The number of aliphatic hydroxyl groups excluding tert-OH is 1. The zero-order valence-electron chi connectivity index (χ0n) is 18.8. The van der Waals surface area contributed by atoms with Gasteiger partial charge >= 0.3 is 0 Å². The molecule has 0 aromatic heterocycles. The van der Waals surface area contributed by atoms with Crippen molar-refractivity contribution in [2.24, 2.45) is 0 Å². The largest absolute Gasteiger partial charge is 0.370 e. The van der Waals surface area contributed by atoms with E-state index in [2.05, 4.69) is 0 Å². The lowest BCUT2D eigenvalue weighted by Gasteiger charge is -2.33. The summed E-state index contributed by atoms with van der Waals surface area (Å²) in [6.45, 7) is 3.12. The summed E-state index contributed by atoms with van der Waals surface area (Å²) in [5.41, 5.74) is 1.43. The van der Waals surface area contributed by atoms with Gasteiger partial charge in [0.15, 0.2) is 6.29 Å². The summed E-state index contributed by atoms with van der Waals surface area (Å²) in [5, 5.41) is 11.0. The molecule has 5 atom stereocenters. The highest BCUT2D eigenvalue weighted by molar-refractivity contribution is 5.24. The van der Waals surface area contributed by atoms with Crippen LogP contribution in [0.4, 0.5) is 0 Å². The molecule has 33 heavy (non-hydrogen) atoms. The van der Waals surface area contributed by atoms with Gasteiger partial charge in [-0.05, 0) is 23.6 Å². The normalized spacial score (nSPS) is 30.5. The van der Waals surface area contributed by atoms with Gasteiger partial charge in [0.1, 0.15) is 17.3 Å². The minimum absolute atomic E-state index is 0.171. The third kappa shape index (κ3) is 4.60. The molecule has 1 spiro atoms. The maximum Gasteiger partial charge on any atom is 0.187 e. The van der Waals surface area contributed by atoms with E-state index in [-0.39, 0.29) is 6.10 Å². The maximum atomic E-state index is 11.0. The van der Waals surface area contributed by atoms with Gasteiger partial charge in [-0.25, -0.2) is 0 Å². The number of hydrogen-bond donors (Lipinski definition) is 1. The Bertz CT molecular complexity index is 1030. The molecular formula is C28H30O5. The summed E-state index contributed by atoms with van der Waals surface area (Å²) < 4.78 is 25.1. The summed E-state index contributed by atoms with van der Waals surface area (Å²) in [6.07, 6.45) is -1.12. The Morgan fingerprint density at radius 1 is 0.758 bits per heavy atom. The molecule has 2 unspecified atom stereocenters. The van der Waals surface area contributed by atoms with Crippen molar-refractivity contribution in [3.63, 3.8) is 0 Å². The van der Waals surface area contributed by atoms with Crippen LogP contribution < -0.4 is 0 Å². The van der Waals surface area contributed by atoms with Gasteiger partial charge in [-0.2, -0.15) is 0 Å². The molecule has 1 aliphatic carbocycles. The van der Waals surface area contributed by atoms with Gasteiger partial charge in [-0.3, -0.25) is 0 Å². The zero-order valence-corrected chi connectivity index (χ0v) is 18.8. The van der Waals surface area contributed by atoms with Crippen LogP contribution in [0.3, 0.4) is 0 Å². The summed E-state index contributed by atoms with van der Waals surface area (Å²) in [6, 6.07) is 30.0. The smallest absolute Gasteiger partial charge is 0.187 e. The SMILES string of the molecule is C[C@]1(OCc2ccccc2)C(O)OC2(C[C@H]2OCc2ccccc2)[C@H]1OCc1ccccc1. The molecule has 3 aromatic carbocycles. The second-order valence-corrected chi connectivity index (χ2v) is 9.05. The van der Waals surface area contributed by atoms with Crippen molar-refractivity contribution in [2.75, 3.05) is 0 Å². The van der Waals surface area contributed by atoms with E-state index in [0.717, 1.165) is 16.7 Å². The molecule has 3 aromatic rings. The van der Waals surface area contributed by atoms with Gasteiger partial charge in [-0.1, -0.05) is 91.0 Å². The van der Waals surface area contributed by atoms with Gasteiger partial charge in [-0.15, -0.1) is 0 Å². The average molecular weight is 447 g/mol. The van der Waals surface area contributed by atoms with Crippen molar-refractivity contribution in [1.82, 2.24) is 0 Å². The Labute approximate surface area is 194 Å². The van der Waals surface area contributed by atoms with Crippen LogP contribution in [0.2, 0.25) is 0 Å². The van der Waals surface area contributed by atoms with Gasteiger partial charge in [0.2, 0.25) is 0 Å².